The van der Waals surface area contributed by atoms with Gasteiger partial charge in [0.1, 0.15) is 0 Å². The van der Waals surface area contributed by atoms with E-state index in [-0.39, 0.29) is 23.8 Å². The van der Waals surface area contributed by atoms with Gasteiger partial charge in [-0.1, -0.05) is 50.1 Å². The van der Waals surface area contributed by atoms with Crippen LogP contribution >= 0.6 is 0 Å². The Kier molecular flexibility index (Phi) is 6.77. The summed E-state index contributed by atoms with van der Waals surface area (Å²) in [6.07, 6.45) is 8.10. The molecule has 0 radical (unpaired) electrons. The van der Waals surface area contributed by atoms with Crippen molar-refractivity contribution in [2.45, 2.75) is 58.4 Å². The molecule has 4 rings (SSSR count). The lowest BCUT2D eigenvalue weighted by Crippen LogP contribution is -2.51. The van der Waals surface area contributed by atoms with Crippen LogP contribution in [0.4, 0.5) is 0 Å². The maximum Gasteiger partial charge on any atom is 0.242 e. The highest BCUT2D eigenvalue weighted by Crippen LogP contribution is 2.52. The zero-order valence-electron chi connectivity index (χ0n) is 18.4. The fourth-order valence-electron chi connectivity index (χ4n) is 6.28. The van der Waals surface area contributed by atoms with Crippen LogP contribution < -0.4 is 5.32 Å². The smallest absolute Gasteiger partial charge is 0.242 e. The maximum atomic E-state index is 12.7. The first kappa shape index (κ1) is 21.4. The van der Waals surface area contributed by atoms with Gasteiger partial charge in [-0.25, -0.2) is 0 Å². The van der Waals surface area contributed by atoms with Crippen LogP contribution in [0.25, 0.3) is 0 Å². The van der Waals surface area contributed by atoms with Crippen LogP contribution in [-0.4, -0.2) is 54.3 Å². The van der Waals surface area contributed by atoms with Gasteiger partial charge in [-0.05, 0) is 48.5 Å². The van der Waals surface area contributed by atoms with E-state index in [9.17, 15) is 9.59 Å². The third kappa shape index (κ3) is 5.42. The first-order valence-corrected chi connectivity index (χ1v) is 11.8. The van der Waals surface area contributed by atoms with E-state index in [1.807, 2.05) is 11.0 Å². The summed E-state index contributed by atoms with van der Waals surface area (Å²) >= 11 is 0. The first-order valence-electron chi connectivity index (χ1n) is 11.8. The van der Waals surface area contributed by atoms with Crippen LogP contribution in [-0.2, 0) is 16.1 Å². The summed E-state index contributed by atoms with van der Waals surface area (Å²) < 4.78 is 0. The van der Waals surface area contributed by atoms with E-state index in [1.54, 1.807) is 0 Å². The molecule has 1 N–H and O–H groups in total. The molecule has 1 heterocycles. The first-order chi connectivity index (χ1) is 14.5. The molecule has 1 aromatic carbocycles. The normalized spacial score (nSPS) is 29.4. The molecule has 0 aromatic heterocycles. The molecule has 3 unspecified atom stereocenters. The van der Waals surface area contributed by atoms with Crippen LogP contribution in [0.5, 0.6) is 0 Å². The molecule has 3 fully saturated rings. The van der Waals surface area contributed by atoms with Crippen LogP contribution in [0.15, 0.2) is 30.3 Å². The molecule has 164 valence electrons. The Morgan fingerprint density at radius 1 is 1.10 bits per heavy atom. The van der Waals surface area contributed by atoms with E-state index in [4.69, 9.17) is 0 Å². The van der Waals surface area contributed by atoms with E-state index in [1.165, 1.54) is 44.1 Å². The van der Waals surface area contributed by atoms with Crippen LogP contribution in [0, 0.1) is 17.3 Å². The van der Waals surface area contributed by atoms with E-state index in [0.29, 0.717) is 6.42 Å². The number of benzene rings is 1. The van der Waals surface area contributed by atoms with Gasteiger partial charge in [0.2, 0.25) is 11.8 Å². The molecule has 1 saturated heterocycles. The number of piperazine rings is 1. The Balaban J connectivity index is 1.19. The van der Waals surface area contributed by atoms with Gasteiger partial charge in [0.25, 0.3) is 0 Å². The highest BCUT2D eigenvalue weighted by Gasteiger charge is 2.43. The lowest BCUT2D eigenvalue weighted by Gasteiger charge is -2.47. The summed E-state index contributed by atoms with van der Waals surface area (Å²) in [4.78, 5) is 29.6. The third-order valence-corrected chi connectivity index (χ3v) is 7.50. The molecular weight excluding hydrogens is 374 g/mol. The zero-order chi connectivity index (χ0) is 21.0. The lowest BCUT2D eigenvalue weighted by atomic mass is 9.58. The summed E-state index contributed by atoms with van der Waals surface area (Å²) in [6, 6.07) is 10.5. The van der Waals surface area contributed by atoms with Gasteiger partial charge in [0.05, 0.1) is 6.54 Å². The second kappa shape index (κ2) is 9.51. The van der Waals surface area contributed by atoms with Crippen molar-refractivity contribution < 1.29 is 9.59 Å². The molecule has 1 aliphatic heterocycles. The molecule has 2 saturated carbocycles. The summed E-state index contributed by atoms with van der Waals surface area (Å²) in [5, 5.41) is 2.95. The maximum absolute atomic E-state index is 12.7. The number of carbonyl (C=O) groups is 2. The number of nitrogens with zero attached hydrogens (tertiary/aromatic N) is 2. The van der Waals surface area contributed by atoms with E-state index < -0.39 is 0 Å². The third-order valence-electron chi connectivity index (χ3n) is 7.50. The number of nitrogens with one attached hydrogen (secondary N) is 1. The van der Waals surface area contributed by atoms with Gasteiger partial charge < -0.3 is 10.2 Å². The van der Waals surface area contributed by atoms with Gasteiger partial charge in [-0.15, -0.1) is 0 Å². The SMILES string of the molecule is CC1CC2CCCC(CC(=O)NCC(=O)N3CCN(Cc4ccccc4)CC3)(C1)C2. The van der Waals surface area contributed by atoms with E-state index >= 15 is 0 Å². The monoisotopic (exact) mass is 411 g/mol. The highest BCUT2D eigenvalue weighted by atomic mass is 16.2. The average Bonchev–Trinajstić information content (AvgIpc) is 2.72. The average molecular weight is 412 g/mol. The molecule has 2 aliphatic carbocycles. The Morgan fingerprint density at radius 2 is 1.87 bits per heavy atom. The van der Waals surface area contributed by atoms with Crippen molar-refractivity contribution in [1.82, 2.24) is 15.1 Å². The predicted octanol–water partition coefficient (Wildman–Crippen LogP) is 3.44. The van der Waals surface area contributed by atoms with E-state index in [0.717, 1.165) is 44.6 Å². The Hall–Kier alpha value is -1.88. The van der Waals surface area contributed by atoms with Gasteiger partial charge in [-0.2, -0.15) is 0 Å². The molecule has 5 heteroatoms. The fraction of sp³-hybridized carbons (Fsp3) is 0.680. The zero-order valence-corrected chi connectivity index (χ0v) is 18.4. The summed E-state index contributed by atoms with van der Waals surface area (Å²) in [6.45, 7) is 6.67. The molecule has 0 spiro atoms. The molecule has 2 amide bonds. The number of carbonyl (C=O) groups excluding carboxylic acids is 2. The number of amides is 2. The van der Waals surface area contributed by atoms with Gasteiger partial charge in [-0.3, -0.25) is 14.5 Å². The molecule has 30 heavy (non-hydrogen) atoms. The molecule has 3 aliphatic rings. The second-order valence-electron chi connectivity index (χ2n) is 10.1. The van der Waals surface area contributed by atoms with Crippen molar-refractivity contribution >= 4 is 11.8 Å². The van der Waals surface area contributed by atoms with Crippen molar-refractivity contribution in [2.75, 3.05) is 32.7 Å². The van der Waals surface area contributed by atoms with Gasteiger partial charge in [0, 0.05) is 39.1 Å². The largest absolute Gasteiger partial charge is 0.347 e. The van der Waals surface area contributed by atoms with Crippen LogP contribution in [0.3, 0.4) is 0 Å². The second-order valence-corrected chi connectivity index (χ2v) is 10.1. The van der Waals surface area contributed by atoms with Gasteiger partial charge >= 0.3 is 0 Å². The number of fused-ring (bicyclic) bond motifs is 2. The van der Waals surface area contributed by atoms with Gasteiger partial charge in [0.15, 0.2) is 0 Å². The number of hydrogen-bond acceptors (Lipinski definition) is 3. The molecule has 2 bridgehead atoms. The fourth-order valence-corrected chi connectivity index (χ4v) is 6.28. The summed E-state index contributed by atoms with van der Waals surface area (Å²) in [5.41, 5.74) is 1.50. The van der Waals surface area contributed by atoms with Crippen molar-refractivity contribution in [2.24, 2.45) is 17.3 Å². The summed E-state index contributed by atoms with van der Waals surface area (Å²) in [5.74, 6) is 1.66. The highest BCUT2D eigenvalue weighted by molar-refractivity contribution is 5.85. The standard InChI is InChI=1S/C25H37N3O2/c1-20-14-22-8-5-9-25(15-20,16-22)17-23(29)26-18-24(30)28-12-10-27(11-13-28)19-21-6-3-2-4-7-21/h2-4,6-7,20,22H,5,8-19H2,1H3,(H,26,29). The minimum atomic E-state index is 0.0544. The number of hydrogen-bond donors (Lipinski definition) is 1. The molecule has 5 nitrogen and oxygen atoms in total. The quantitative estimate of drug-likeness (QED) is 0.780. The van der Waals surface area contributed by atoms with E-state index in [2.05, 4.69) is 41.4 Å². The number of rotatable bonds is 6. The Labute approximate surface area is 181 Å². The lowest BCUT2D eigenvalue weighted by molar-refractivity contribution is -0.135. The van der Waals surface area contributed by atoms with Crippen LogP contribution in [0.1, 0.15) is 57.4 Å². The molecule has 1 aromatic rings. The minimum absolute atomic E-state index is 0.0544. The molecular formula is C25H37N3O2. The Morgan fingerprint density at radius 3 is 2.63 bits per heavy atom. The van der Waals surface area contributed by atoms with Crippen molar-refractivity contribution in [3.63, 3.8) is 0 Å². The summed E-state index contributed by atoms with van der Waals surface area (Å²) in [7, 11) is 0. The van der Waals surface area contributed by atoms with Crippen molar-refractivity contribution in [3.8, 4) is 0 Å². The molecule has 3 atom stereocenters. The topological polar surface area (TPSA) is 52.7 Å². The van der Waals surface area contributed by atoms with Crippen molar-refractivity contribution in [3.05, 3.63) is 35.9 Å². The minimum Gasteiger partial charge on any atom is -0.347 e. The van der Waals surface area contributed by atoms with Crippen LogP contribution in [0.2, 0.25) is 0 Å². The van der Waals surface area contributed by atoms with Crippen molar-refractivity contribution in [1.29, 1.82) is 0 Å². The predicted molar refractivity (Wildman–Crippen MR) is 119 cm³/mol. The Bertz CT molecular complexity index is 725.